The van der Waals surface area contributed by atoms with Crippen LogP contribution in [-0.2, 0) is 10.3 Å². The Morgan fingerprint density at radius 3 is 3.00 bits per heavy atom. The van der Waals surface area contributed by atoms with Crippen LogP contribution in [0.25, 0.3) is 0 Å². The van der Waals surface area contributed by atoms with Gasteiger partial charge >= 0.3 is 6.09 Å². The highest BCUT2D eigenvalue weighted by molar-refractivity contribution is 6.13. The van der Waals surface area contributed by atoms with Crippen LogP contribution in [0.2, 0.25) is 0 Å². The molecule has 0 bridgehead atoms. The minimum absolute atomic E-state index is 0.398. The lowest BCUT2D eigenvalue weighted by molar-refractivity contribution is 0.0239. The zero-order valence-electron chi connectivity index (χ0n) is 8.57. The third-order valence-electron chi connectivity index (χ3n) is 3.13. The topological polar surface area (TPSA) is 41.6 Å². The molecule has 1 N–H and O–H groups in total. The van der Waals surface area contributed by atoms with E-state index in [1.807, 2.05) is 24.3 Å². The SMILES string of the molecule is O=C1Nc2ccccc2C2(CCN(Cl)C2)O1. The molecule has 1 amide bonds. The molecule has 0 radical (unpaired) electrons. The smallest absolute Gasteiger partial charge is 0.412 e. The molecule has 2 heterocycles. The van der Waals surface area contributed by atoms with Gasteiger partial charge in [0, 0.05) is 18.5 Å². The second kappa shape index (κ2) is 3.37. The van der Waals surface area contributed by atoms with E-state index in [1.165, 1.54) is 0 Å². The number of ether oxygens (including phenoxy) is 1. The van der Waals surface area contributed by atoms with E-state index < -0.39 is 11.7 Å². The maximum absolute atomic E-state index is 11.5. The summed E-state index contributed by atoms with van der Waals surface area (Å²) in [5.41, 5.74) is 1.27. The Morgan fingerprint density at radius 2 is 2.25 bits per heavy atom. The fourth-order valence-corrected chi connectivity index (χ4v) is 2.68. The van der Waals surface area contributed by atoms with Crippen LogP contribution in [0.1, 0.15) is 12.0 Å². The number of halogens is 1. The van der Waals surface area contributed by atoms with Crippen molar-refractivity contribution in [1.82, 2.24) is 4.42 Å². The summed E-state index contributed by atoms with van der Waals surface area (Å²) >= 11 is 5.97. The van der Waals surface area contributed by atoms with Crippen LogP contribution >= 0.6 is 11.8 Å². The second-order valence-corrected chi connectivity index (χ2v) is 4.63. The molecule has 3 rings (SSSR count). The Bertz CT molecular complexity index is 451. The Balaban J connectivity index is 2.10. The quantitative estimate of drug-likeness (QED) is 0.706. The zero-order valence-corrected chi connectivity index (χ0v) is 9.33. The van der Waals surface area contributed by atoms with Crippen molar-refractivity contribution in [2.24, 2.45) is 0 Å². The first-order valence-electron chi connectivity index (χ1n) is 5.20. The van der Waals surface area contributed by atoms with Crippen LogP contribution in [0.15, 0.2) is 24.3 Å². The van der Waals surface area contributed by atoms with Gasteiger partial charge in [-0.3, -0.25) is 5.32 Å². The number of fused-ring (bicyclic) bond motifs is 2. The monoisotopic (exact) mass is 238 g/mol. The Hall–Kier alpha value is -1.26. The number of hydrogen-bond donors (Lipinski definition) is 1. The summed E-state index contributed by atoms with van der Waals surface area (Å²) in [7, 11) is 0. The fourth-order valence-electron chi connectivity index (χ4n) is 2.40. The summed E-state index contributed by atoms with van der Waals surface area (Å²) in [6.07, 6.45) is 0.340. The average molecular weight is 239 g/mol. The maximum atomic E-state index is 11.5. The first-order valence-corrected chi connectivity index (χ1v) is 5.54. The first-order chi connectivity index (χ1) is 7.70. The summed E-state index contributed by atoms with van der Waals surface area (Å²) in [6.45, 7) is 1.27. The highest BCUT2D eigenvalue weighted by Crippen LogP contribution is 2.42. The number of carbonyl (C=O) groups excluding carboxylic acids is 1. The molecular formula is C11H11ClN2O2. The number of benzene rings is 1. The minimum atomic E-state index is -0.569. The average Bonchev–Trinajstić information content (AvgIpc) is 2.60. The first kappa shape index (κ1) is 9.93. The number of para-hydroxylation sites is 1. The van der Waals surface area contributed by atoms with E-state index in [2.05, 4.69) is 5.32 Å². The Kier molecular flexibility index (Phi) is 2.09. The molecule has 4 nitrogen and oxygen atoms in total. The number of anilines is 1. The van der Waals surface area contributed by atoms with E-state index in [0.29, 0.717) is 6.54 Å². The molecular weight excluding hydrogens is 228 g/mol. The number of rotatable bonds is 0. The van der Waals surface area contributed by atoms with E-state index in [-0.39, 0.29) is 0 Å². The number of carbonyl (C=O) groups is 1. The molecule has 84 valence electrons. The highest BCUT2D eigenvalue weighted by Gasteiger charge is 2.46. The number of amides is 1. The molecule has 1 spiro atoms. The lowest BCUT2D eigenvalue weighted by atomic mass is 9.90. The predicted octanol–water partition coefficient (Wildman–Crippen LogP) is 2.30. The molecule has 1 fully saturated rings. The van der Waals surface area contributed by atoms with Gasteiger partial charge in [-0.1, -0.05) is 18.2 Å². The van der Waals surface area contributed by atoms with Crippen LogP contribution in [0.4, 0.5) is 10.5 Å². The fraction of sp³-hybridized carbons (Fsp3) is 0.364. The normalized spacial score (nSPS) is 28.7. The molecule has 0 saturated carbocycles. The van der Waals surface area contributed by atoms with E-state index >= 15 is 0 Å². The number of hydrogen-bond acceptors (Lipinski definition) is 3. The lowest BCUT2D eigenvalue weighted by Crippen LogP contribution is -2.40. The van der Waals surface area contributed by atoms with Crippen LogP contribution in [0.5, 0.6) is 0 Å². The van der Waals surface area contributed by atoms with Crippen molar-refractivity contribution in [2.45, 2.75) is 12.0 Å². The van der Waals surface area contributed by atoms with E-state index in [4.69, 9.17) is 16.5 Å². The van der Waals surface area contributed by atoms with Crippen LogP contribution < -0.4 is 5.32 Å². The molecule has 5 heteroatoms. The highest BCUT2D eigenvalue weighted by atomic mass is 35.5. The van der Waals surface area contributed by atoms with Gasteiger partial charge in [0.2, 0.25) is 0 Å². The van der Waals surface area contributed by atoms with Gasteiger partial charge in [0.25, 0.3) is 0 Å². The minimum Gasteiger partial charge on any atom is -0.436 e. The zero-order chi connectivity index (χ0) is 11.2. The van der Waals surface area contributed by atoms with Crippen molar-refractivity contribution in [3.05, 3.63) is 29.8 Å². The molecule has 1 saturated heterocycles. The van der Waals surface area contributed by atoms with Gasteiger partial charge in [0.1, 0.15) is 0 Å². The number of nitrogens with zero attached hydrogens (tertiary/aromatic N) is 1. The summed E-state index contributed by atoms with van der Waals surface area (Å²) in [4.78, 5) is 11.5. The Morgan fingerprint density at radius 1 is 1.44 bits per heavy atom. The van der Waals surface area contributed by atoms with Crippen molar-refractivity contribution < 1.29 is 9.53 Å². The predicted molar refractivity (Wildman–Crippen MR) is 60.3 cm³/mol. The van der Waals surface area contributed by atoms with E-state index in [0.717, 1.165) is 24.2 Å². The largest absolute Gasteiger partial charge is 0.436 e. The molecule has 0 aromatic heterocycles. The van der Waals surface area contributed by atoms with Crippen molar-refractivity contribution in [2.75, 3.05) is 18.4 Å². The maximum Gasteiger partial charge on any atom is 0.412 e. The molecule has 0 aliphatic carbocycles. The summed E-state index contributed by atoms with van der Waals surface area (Å²) in [5.74, 6) is 0. The van der Waals surface area contributed by atoms with E-state index in [9.17, 15) is 4.79 Å². The van der Waals surface area contributed by atoms with Gasteiger partial charge in [-0.05, 0) is 17.8 Å². The standard InChI is InChI=1S/C11H11ClN2O2/c12-14-6-5-11(7-14)8-3-1-2-4-9(8)13-10(15)16-11/h1-4H,5-7H2,(H,13,15). The van der Waals surface area contributed by atoms with Crippen LogP contribution in [-0.4, -0.2) is 23.6 Å². The van der Waals surface area contributed by atoms with Crippen LogP contribution in [0.3, 0.4) is 0 Å². The third-order valence-corrected chi connectivity index (χ3v) is 3.42. The Labute approximate surface area is 98.2 Å². The van der Waals surface area contributed by atoms with Crippen molar-refractivity contribution in [3.63, 3.8) is 0 Å². The van der Waals surface area contributed by atoms with Crippen molar-refractivity contribution >= 4 is 23.6 Å². The number of nitrogens with one attached hydrogen (secondary N) is 1. The third kappa shape index (κ3) is 1.37. The van der Waals surface area contributed by atoms with Gasteiger partial charge in [-0.2, -0.15) is 0 Å². The van der Waals surface area contributed by atoms with Gasteiger partial charge in [0.05, 0.1) is 12.2 Å². The van der Waals surface area contributed by atoms with Crippen molar-refractivity contribution in [1.29, 1.82) is 0 Å². The molecule has 16 heavy (non-hydrogen) atoms. The van der Waals surface area contributed by atoms with Crippen molar-refractivity contribution in [3.8, 4) is 0 Å². The summed E-state index contributed by atoms with van der Waals surface area (Å²) in [5, 5.41) is 2.70. The van der Waals surface area contributed by atoms with Gasteiger partial charge < -0.3 is 4.74 Å². The molecule has 2 aliphatic rings. The second-order valence-electron chi connectivity index (χ2n) is 4.15. The van der Waals surface area contributed by atoms with Gasteiger partial charge in [0.15, 0.2) is 5.60 Å². The van der Waals surface area contributed by atoms with Crippen LogP contribution in [0, 0.1) is 0 Å². The molecule has 1 unspecified atom stereocenters. The summed E-state index contributed by atoms with van der Waals surface area (Å²) in [6, 6.07) is 7.70. The molecule has 2 aliphatic heterocycles. The van der Waals surface area contributed by atoms with E-state index in [1.54, 1.807) is 4.42 Å². The molecule has 1 atom stereocenters. The molecule has 1 aromatic rings. The molecule has 1 aromatic carbocycles. The van der Waals surface area contributed by atoms with Gasteiger partial charge in [-0.15, -0.1) is 0 Å². The lowest BCUT2D eigenvalue weighted by Gasteiger charge is -2.34. The van der Waals surface area contributed by atoms with Gasteiger partial charge in [-0.25, -0.2) is 9.21 Å². The summed E-state index contributed by atoms with van der Waals surface area (Å²) < 4.78 is 7.12.